The standard InChI is InChI=1S/C34H32S6/c1-33(2,3)26-20-19-24(36-26)23-17-18-25(35-23)29-27(21-13-9-7-10-14-21)37-31(39-29)32-38-28(22-15-11-8-12-16-22)30(40-32)34(4,5)6/h7-20H,1-6H3/b32-31+. The van der Waals surface area contributed by atoms with Gasteiger partial charge in [0.05, 0.1) is 8.47 Å². The van der Waals surface area contributed by atoms with Crippen molar-refractivity contribution in [2.75, 3.05) is 0 Å². The summed E-state index contributed by atoms with van der Waals surface area (Å²) in [4.78, 5) is 11.1. The van der Waals surface area contributed by atoms with Crippen molar-refractivity contribution in [3.63, 3.8) is 0 Å². The number of benzene rings is 2. The largest absolute Gasteiger partial charge is 0.139 e. The lowest BCUT2D eigenvalue weighted by Crippen LogP contribution is -2.07. The summed E-state index contributed by atoms with van der Waals surface area (Å²) in [5.74, 6) is 0. The fourth-order valence-corrected chi connectivity index (χ4v) is 12.8. The molecular formula is C34H32S6. The minimum absolute atomic E-state index is 0.0902. The summed E-state index contributed by atoms with van der Waals surface area (Å²) in [6, 6.07) is 31.1. The van der Waals surface area contributed by atoms with E-state index in [2.05, 4.69) is 126 Å². The molecule has 0 nitrogen and oxygen atoms in total. The van der Waals surface area contributed by atoms with E-state index in [1.54, 1.807) is 0 Å². The molecule has 0 amide bonds. The van der Waals surface area contributed by atoms with Gasteiger partial charge in [-0.1, -0.05) is 149 Å². The van der Waals surface area contributed by atoms with Crippen molar-refractivity contribution in [1.29, 1.82) is 0 Å². The monoisotopic (exact) mass is 632 g/mol. The second-order valence-corrected chi connectivity index (χ2v) is 18.6. The Kier molecular flexibility index (Phi) is 8.05. The van der Waals surface area contributed by atoms with Gasteiger partial charge in [0.25, 0.3) is 0 Å². The van der Waals surface area contributed by atoms with Crippen molar-refractivity contribution >= 4 is 84.4 Å². The van der Waals surface area contributed by atoms with Crippen LogP contribution < -0.4 is 0 Å². The summed E-state index contributed by atoms with van der Waals surface area (Å²) < 4.78 is 2.81. The second-order valence-electron chi connectivity index (χ2n) is 11.9. The molecule has 0 aliphatic carbocycles. The van der Waals surface area contributed by atoms with Gasteiger partial charge in [0, 0.05) is 39.1 Å². The number of thiophene rings is 2. The van der Waals surface area contributed by atoms with Crippen molar-refractivity contribution in [1.82, 2.24) is 0 Å². The van der Waals surface area contributed by atoms with Gasteiger partial charge in [-0.2, -0.15) is 0 Å². The Bertz CT molecular complexity index is 1630. The molecule has 0 unspecified atom stereocenters. The van der Waals surface area contributed by atoms with Gasteiger partial charge in [0.15, 0.2) is 0 Å². The average Bonchev–Trinajstić information content (AvgIpc) is 3.72. The molecule has 6 rings (SSSR count). The molecule has 0 atom stereocenters. The normalized spacial score (nSPS) is 18.4. The van der Waals surface area contributed by atoms with Crippen molar-refractivity contribution in [2.45, 2.75) is 47.0 Å². The third kappa shape index (κ3) is 5.86. The Hall–Kier alpha value is -1.54. The van der Waals surface area contributed by atoms with E-state index in [-0.39, 0.29) is 10.8 Å². The number of thioether (sulfide) groups is 4. The molecule has 0 bridgehead atoms. The van der Waals surface area contributed by atoms with Crippen LogP contribution in [-0.2, 0) is 5.41 Å². The van der Waals surface area contributed by atoms with Gasteiger partial charge in [0.2, 0.25) is 0 Å². The highest BCUT2D eigenvalue weighted by molar-refractivity contribution is 8.38. The molecule has 4 heterocycles. The summed E-state index contributed by atoms with van der Waals surface area (Å²) in [7, 11) is 0. The zero-order valence-corrected chi connectivity index (χ0v) is 28.4. The average molecular weight is 633 g/mol. The third-order valence-corrected chi connectivity index (χ3v) is 15.7. The van der Waals surface area contributed by atoms with Crippen molar-refractivity contribution in [3.05, 3.63) is 119 Å². The Morgan fingerprint density at radius 2 is 0.925 bits per heavy atom. The number of hydrogen-bond donors (Lipinski definition) is 0. The summed E-state index contributed by atoms with van der Waals surface area (Å²) in [6.45, 7) is 13.9. The molecule has 2 aromatic heterocycles. The fraction of sp³-hybridized carbons (Fsp3) is 0.235. The minimum atomic E-state index is 0.0902. The number of hydrogen-bond acceptors (Lipinski definition) is 6. The molecule has 0 saturated carbocycles. The topological polar surface area (TPSA) is 0 Å². The Morgan fingerprint density at radius 1 is 0.425 bits per heavy atom. The molecule has 0 saturated heterocycles. The van der Waals surface area contributed by atoms with Crippen LogP contribution in [0.3, 0.4) is 0 Å². The molecule has 0 spiro atoms. The van der Waals surface area contributed by atoms with Crippen LogP contribution in [0.25, 0.3) is 24.5 Å². The van der Waals surface area contributed by atoms with E-state index >= 15 is 0 Å². The first-order valence-corrected chi connectivity index (χ1v) is 18.2. The van der Waals surface area contributed by atoms with Gasteiger partial charge < -0.3 is 0 Å². The van der Waals surface area contributed by atoms with Crippen molar-refractivity contribution in [2.24, 2.45) is 5.41 Å². The van der Waals surface area contributed by atoms with Crippen LogP contribution in [0.4, 0.5) is 0 Å². The Labute approximate surface area is 263 Å². The van der Waals surface area contributed by atoms with E-state index < -0.39 is 0 Å². The predicted octanol–water partition coefficient (Wildman–Crippen LogP) is 13.1. The maximum Gasteiger partial charge on any atom is 0.0707 e. The van der Waals surface area contributed by atoms with Crippen LogP contribution in [0.1, 0.15) is 62.4 Å². The summed E-state index contributed by atoms with van der Waals surface area (Å²) in [5, 5.41) is 0. The summed E-state index contributed by atoms with van der Waals surface area (Å²) in [6.07, 6.45) is 0. The SMILES string of the molecule is CC(C)(C)C1=C(c2ccccc2)S/C(=C2/SC(c3ccccc3)=C(c3ccc(-c4ccc(C(C)(C)C)s4)s3)S2)S1. The summed E-state index contributed by atoms with van der Waals surface area (Å²) in [5.41, 5.74) is 2.89. The lowest BCUT2D eigenvalue weighted by molar-refractivity contribution is 0.536. The van der Waals surface area contributed by atoms with Gasteiger partial charge in [-0.15, -0.1) is 22.7 Å². The first-order chi connectivity index (χ1) is 19.1. The second kappa shape index (κ2) is 11.3. The molecule has 0 fully saturated rings. The van der Waals surface area contributed by atoms with Crippen molar-refractivity contribution in [3.8, 4) is 9.75 Å². The quantitative estimate of drug-likeness (QED) is 0.219. The van der Waals surface area contributed by atoms with Crippen molar-refractivity contribution < 1.29 is 0 Å². The number of rotatable bonds is 4. The molecule has 2 aliphatic heterocycles. The van der Waals surface area contributed by atoms with Gasteiger partial charge >= 0.3 is 0 Å². The smallest absolute Gasteiger partial charge is 0.0707 e. The molecule has 2 aliphatic rings. The van der Waals surface area contributed by atoms with E-state index in [1.165, 1.54) is 58.7 Å². The van der Waals surface area contributed by atoms with Crippen LogP contribution in [0, 0.1) is 5.41 Å². The maximum absolute atomic E-state index is 2.34. The first-order valence-electron chi connectivity index (χ1n) is 13.3. The lowest BCUT2D eigenvalue weighted by Gasteiger charge is -2.21. The van der Waals surface area contributed by atoms with Crippen LogP contribution in [0.5, 0.6) is 0 Å². The molecule has 6 heteroatoms. The lowest BCUT2D eigenvalue weighted by atomic mass is 9.94. The van der Waals surface area contributed by atoms with E-state index in [0.29, 0.717) is 0 Å². The van der Waals surface area contributed by atoms with Crippen LogP contribution in [0.15, 0.2) is 98.3 Å². The Morgan fingerprint density at radius 3 is 1.52 bits per heavy atom. The van der Waals surface area contributed by atoms with Gasteiger partial charge in [0.1, 0.15) is 0 Å². The molecule has 2 aromatic carbocycles. The zero-order chi connectivity index (χ0) is 28.1. The summed E-state index contributed by atoms with van der Waals surface area (Å²) >= 11 is 11.7. The van der Waals surface area contributed by atoms with E-state index in [9.17, 15) is 0 Å². The van der Waals surface area contributed by atoms with E-state index in [1.807, 2.05) is 69.7 Å². The maximum atomic E-state index is 2.34. The fourth-order valence-electron chi connectivity index (χ4n) is 4.45. The Balaban J connectivity index is 1.37. The van der Waals surface area contributed by atoms with Gasteiger partial charge in [-0.05, 0) is 46.2 Å². The molecule has 0 radical (unpaired) electrons. The van der Waals surface area contributed by atoms with Crippen LogP contribution in [0.2, 0.25) is 0 Å². The molecule has 204 valence electrons. The highest BCUT2D eigenvalue weighted by atomic mass is 32.2. The third-order valence-electron chi connectivity index (χ3n) is 6.53. The number of allylic oxidation sites excluding steroid dienone is 1. The molecule has 40 heavy (non-hydrogen) atoms. The van der Waals surface area contributed by atoms with Crippen LogP contribution in [-0.4, -0.2) is 0 Å². The molecule has 0 N–H and O–H groups in total. The van der Waals surface area contributed by atoms with E-state index in [4.69, 9.17) is 0 Å². The van der Waals surface area contributed by atoms with Gasteiger partial charge in [-0.3, -0.25) is 0 Å². The van der Waals surface area contributed by atoms with E-state index in [0.717, 1.165) is 0 Å². The molecule has 4 aromatic rings. The minimum Gasteiger partial charge on any atom is -0.139 e. The van der Waals surface area contributed by atoms with Gasteiger partial charge in [-0.25, -0.2) is 0 Å². The molecular weight excluding hydrogens is 601 g/mol. The highest BCUT2D eigenvalue weighted by Gasteiger charge is 2.35. The predicted molar refractivity (Wildman–Crippen MR) is 190 cm³/mol. The van der Waals surface area contributed by atoms with Crippen LogP contribution >= 0.6 is 69.7 Å². The zero-order valence-electron chi connectivity index (χ0n) is 23.5. The first kappa shape index (κ1) is 28.6. The highest BCUT2D eigenvalue weighted by Crippen LogP contribution is 2.67.